The van der Waals surface area contributed by atoms with E-state index in [1.807, 2.05) is 34.6 Å². The largest absolute Gasteiger partial charge is 0.508 e. The fourth-order valence-electron chi connectivity index (χ4n) is 9.61. The number of carbonyl (C=O) groups excluding carboxylic acids is 10. The number of benzene rings is 2. The topological polar surface area (TPSA) is 386 Å². The molecular formula is C61H95N11O14S. The summed E-state index contributed by atoms with van der Waals surface area (Å²) in [7, 11) is 0. The van der Waals surface area contributed by atoms with Crippen LogP contribution in [0.5, 0.6) is 11.5 Å². The molecule has 484 valence electrons. The van der Waals surface area contributed by atoms with Crippen LogP contribution in [0.4, 0.5) is 0 Å². The highest BCUT2D eigenvalue weighted by atomic mass is 32.2. The van der Waals surface area contributed by atoms with Gasteiger partial charge >= 0.3 is 5.97 Å². The highest BCUT2D eigenvalue weighted by Crippen LogP contribution is 2.23. The second kappa shape index (κ2) is 36.6. The molecule has 1 aliphatic heterocycles. The first-order valence-electron chi connectivity index (χ1n) is 30.0. The van der Waals surface area contributed by atoms with Crippen molar-refractivity contribution in [3.8, 4) is 11.5 Å². The van der Waals surface area contributed by atoms with Gasteiger partial charge in [0.25, 0.3) is 0 Å². The molecule has 0 aliphatic carbocycles. The lowest BCUT2D eigenvalue weighted by atomic mass is 9.95. The van der Waals surface area contributed by atoms with Crippen molar-refractivity contribution in [2.75, 3.05) is 24.7 Å². The minimum absolute atomic E-state index is 0.0237. The molecule has 0 bridgehead atoms. The van der Waals surface area contributed by atoms with Gasteiger partial charge in [-0.05, 0) is 97.1 Å². The van der Waals surface area contributed by atoms with Gasteiger partial charge in [0.05, 0.1) is 18.5 Å². The zero-order chi connectivity index (χ0) is 65.2. The number of nitrogens with zero attached hydrogens (tertiary/aromatic N) is 1. The molecule has 0 saturated carbocycles. The number of nitrogens with two attached hydrogens (primary N) is 1. The van der Waals surface area contributed by atoms with Crippen LogP contribution in [0.15, 0.2) is 48.5 Å². The Labute approximate surface area is 515 Å². The zero-order valence-electron chi connectivity index (χ0n) is 52.2. The normalized spacial score (nSPS) is 16.5. The van der Waals surface area contributed by atoms with Gasteiger partial charge in [-0.2, -0.15) is 0 Å². The Kier molecular flexibility index (Phi) is 31.0. The number of thioether (sulfide) groups is 1. The number of carboxylic acid groups (broad SMARTS) is 1. The van der Waals surface area contributed by atoms with Crippen LogP contribution in [0.25, 0.3) is 0 Å². The summed E-state index contributed by atoms with van der Waals surface area (Å²) >= 11 is 1.08. The second-order valence-corrected chi connectivity index (χ2v) is 24.9. The van der Waals surface area contributed by atoms with Gasteiger partial charge in [0, 0.05) is 32.1 Å². The lowest BCUT2D eigenvalue weighted by Crippen LogP contribution is -2.61. The molecule has 0 aromatic heterocycles. The molecule has 1 saturated heterocycles. The lowest BCUT2D eigenvalue weighted by molar-refractivity contribution is -0.143. The molecule has 1 heterocycles. The molecule has 2 aromatic carbocycles. The van der Waals surface area contributed by atoms with Crippen molar-refractivity contribution in [2.24, 2.45) is 35.3 Å². The average molecular weight is 1240 g/mol. The highest BCUT2D eigenvalue weighted by Gasteiger charge is 2.41. The SMILES string of the molecule is CC[C@H](C)[C@H](N)C(=O)N[C@H](C(=O)N[C@@H](Cc1ccc(O)cc1)C(=O)N1CCC[C@H]1C(=O)N[C@@H](CC(C)C)C(=O)N[C@@H](CSCNC(C)=O)C(=O)NCC(=O)N[C@@H](CC(C)C)C(=O)N[C@@H](Cc1ccc(O)cc1)C(=O)N[C@@H](CC(C)C)C(=O)O)[C@@H](C)CC. The number of likely N-dealkylation sites (tertiary alicyclic amines) is 1. The molecule has 14 N–H and O–H groups in total. The van der Waals surface area contributed by atoms with E-state index in [2.05, 4.69) is 47.9 Å². The van der Waals surface area contributed by atoms with Crippen molar-refractivity contribution >= 4 is 76.8 Å². The Hall–Kier alpha value is -7.48. The van der Waals surface area contributed by atoms with Crippen molar-refractivity contribution < 1.29 is 68.1 Å². The summed E-state index contributed by atoms with van der Waals surface area (Å²) in [6.07, 6.45) is 1.78. The highest BCUT2D eigenvalue weighted by molar-refractivity contribution is 7.99. The van der Waals surface area contributed by atoms with Crippen LogP contribution >= 0.6 is 11.8 Å². The van der Waals surface area contributed by atoms with Crippen LogP contribution in [0.3, 0.4) is 0 Å². The molecule has 25 nitrogen and oxygen atoms in total. The van der Waals surface area contributed by atoms with E-state index < -0.39 is 120 Å². The summed E-state index contributed by atoms with van der Waals surface area (Å²) in [4.78, 5) is 152. The van der Waals surface area contributed by atoms with Crippen molar-refractivity contribution in [3.63, 3.8) is 0 Å². The minimum atomic E-state index is -1.36. The summed E-state index contributed by atoms with van der Waals surface area (Å²) in [6.45, 7) is 18.9. The summed E-state index contributed by atoms with van der Waals surface area (Å²) in [5.74, 6) is -9.30. The van der Waals surface area contributed by atoms with Gasteiger partial charge in [-0.3, -0.25) is 47.9 Å². The molecule has 3 rings (SSSR count). The van der Waals surface area contributed by atoms with E-state index in [4.69, 9.17) is 5.73 Å². The molecule has 11 atom stereocenters. The summed E-state index contributed by atoms with van der Waals surface area (Å²) < 4.78 is 0. The molecule has 10 amide bonds. The van der Waals surface area contributed by atoms with Gasteiger partial charge < -0.3 is 73.8 Å². The first-order valence-corrected chi connectivity index (χ1v) is 31.2. The molecule has 1 fully saturated rings. The first-order chi connectivity index (χ1) is 40.9. The number of hydrogen-bond donors (Lipinski definition) is 13. The Morgan fingerprint density at radius 3 is 1.54 bits per heavy atom. The molecule has 26 heteroatoms. The van der Waals surface area contributed by atoms with Crippen molar-refractivity contribution in [3.05, 3.63) is 59.7 Å². The number of aliphatic carboxylic acids is 1. The van der Waals surface area contributed by atoms with E-state index in [9.17, 15) is 68.1 Å². The predicted molar refractivity (Wildman–Crippen MR) is 329 cm³/mol. The van der Waals surface area contributed by atoms with Gasteiger partial charge in [-0.1, -0.05) is 106 Å². The van der Waals surface area contributed by atoms with Crippen LogP contribution < -0.4 is 53.6 Å². The number of carbonyl (C=O) groups is 11. The van der Waals surface area contributed by atoms with Gasteiger partial charge in [0.2, 0.25) is 59.1 Å². The zero-order valence-corrected chi connectivity index (χ0v) is 53.0. The molecule has 0 spiro atoms. The fourth-order valence-corrected chi connectivity index (χ4v) is 10.5. The summed E-state index contributed by atoms with van der Waals surface area (Å²) in [5.41, 5.74) is 7.34. The standard InChI is InChI=1S/C61H95N11O14S/c1-12-36(9)51(62)58(82)71-52(37(10)13-2)59(83)68-46(29-40-18-22-42(75)23-19-40)60(84)72-24-14-15-49(72)57(81)67-44(26-34(5)6)55(79)70-48(31-87-32-64-38(11)73)53(77)63-30-50(76)65-43(25-33(3)4)54(78)66-45(28-39-16-20-41(74)21-17-39)56(80)69-47(61(85)86)27-35(7)8/h16-23,33-37,43-49,51-52,74-75H,12-15,24-32,62H2,1-11H3,(H,63,77)(H,64,73)(H,65,76)(H,66,78)(H,67,81)(H,68,83)(H,69,80)(H,70,79)(H,71,82)(H,85,86)/t36-,37-,43-,44-,45-,46-,47-,48-,49-,51-,52-/m0/s1. The van der Waals surface area contributed by atoms with Crippen molar-refractivity contribution in [1.29, 1.82) is 0 Å². The van der Waals surface area contributed by atoms with Crippen molar-refractivity contribution in [2.45, 2.75) is 188 Å². The van der Waals surface area contributed by atoms with E-state index in [-0.39, 0.29) is 104 Å². The predicted octanol–water partition coefficient (Wildman–Crippen LogP) is 1.85. The van der Waals surface area contributed by atoms with Crippen LogP contribution in [-0.4, -0.2) is 164 Å². The first kappa shape index (κ1) is 73.8. The van der Waals surface area contributed by atoms with Crippen LogP contribution in [0.2, 0.25) is 0 Å². The quantitative estimate of drug-likeness (QED) is 0.0342. The van der Waals surface area contributed by atoms with Crippen LogP contribution in [0, 0.1) is 29.6 Å². The summed E-state index contributed by atoms with van der Waals surface area (Å²) in [6, 6.07) is 1.11. The Morgan fingerprint density at radius 1 is 0.563 bits per heavy atom. The number of nitrogens with one attached hydrogen (secondary N) is 9. The van der Waals surface area contributed by atoms with Gasteiger partial charge in [-0.15, -0.1) is 11.8 Å². The third kappa shape index (κ3) is 25.4. The summed E-state index contributed by atoms with van der Waals surface area (Å²) in [5, 5.41) is 53.8. The Bertz CT molecular complexity index is 2640. The Balaban J connectivity index is 1.86. The van der Waals surface area contributed by atoms with E-state index in [0.29, 0.717) is 30.4 Å². The molecule has 2 aromatic rings. The third-order valence-corrected chi connectivity index (χ3v) is 15.9. The maximum absolute atomic E-state index is 14.8. The van der Waals surface area contributed by atoms with E-state index >= 15 is 0 Å². The third-order valence-electron chi connectivity index (χ3n) is 15.0. The molecule has 87 heavy (non-hydrogen) atoms. The fraction of sp³-hybridized carbons (Fsp3) is 0.623. The van der Waals surface area contributed by atoms with Gasteiger partial charge in [0.1, 0.15) is 59.8 Å². The van der Waals surface area contributed by atoms with Crippen LogP contribution in [-0.2, 0) is 65.6 Å². The number of aromatic hydroxyl groups is 2. The number of phenolic OH excluding ortho intramolecular Hbond substituents is 2. The number of rotatable bonds is 36. The maximum atomic E-state index is 14.8. The molecule has 1 aliphatic rings. The van der Waals surface area contributed by atoms with E-state index in [0.717, 1.165) is 11.8 Å². The van der Waals surface area contributed by atoms with Crippen molar-refractivity contribution in [1.82, 2.24) is 52.8 Å². The van der Waals surface area contributed by atoms with E-state index in [1.54, 1.807) is 46.8 Å². The number of amides is 10. The minimum Gasteiger partial charge on any atom is -0.508 e. The van der Waals surface area contributed by atoms with E-state index in [1.165, 1.54) is 48.2 Å². The monoisotopic (exact) mass is 1240 g/mol. The smallest absolute Gasteiger partial charge is 0.326 e. The number of carboxylic acids is 1. The van der Waals surface area contributed by atoms with Gasteiger partial charge in [-0.25, -0.2) is 4.79 Å². The van der Waals surface area contributed by atoms with Crippen LogP contribution in [0.1, 0.15) is 132 Å². The second-order valence-electron chi connectivity index (χ2n) is 23.8. The Morgan fingerprint density at radius 2 is 1.03 bits per heavy atom. The molecular weight excluding hydrogens is 1140 g/mol. The molecule has 0 unspecified atom stereocenters. The number of hydrogen-bond acceptors (Lipinski definition) is 15. The van der Waals surface area contributed by atoms with Gasteiger partial charge in [0.15, 0.2) is 0 Å². The number of phenols is 2. The lowest BCUT2D eigenvalue weighted by Gasteiger charge is -2.32. The average Bonchev–Trinajstić information content (AvgIpc) is 3.26. The molecule has 0 radical (unpaired) electrons. The maximum Gasteiger partial charge on any atom is 0.326 e.